The summed E-state index contributed by atoms with van der Waals surface area (Å²) in [4.78, 5) is 25.4. The largest absolute Gasteiger partial charge is 0.378 e. The highest BCUT2D eigenvalue weighted by Crippen LogP contribution is 2.28. The van der Waals surface area contributed by atoms with E-state index in [0.29, 0.717) is 62.1 Å². The van der Waals surface area contributed by atoms with Crippen molar-refractivity contribution >= 4 is 40.3 Å². The summed E-state index contributed by atoms with van der Waals surface area (Å²) in [7, 11) is 0. The molecule has 2 aliphatic rings. The standard InChI is InChI=1S/C28H30N6O4S/c35-26(32-11-15-38-16-12-32)20-1-5-23(6-2-20)30-27-29-19-21-9-10-34(25(21)31-27)24-7-3-22(4-8-24)28(36,37)33-13-17-39-18-14-33/h1-10,19,36-37H,11-18H2,(H,29,30,31). The molecule has 1 amide bonds. The Labute approximate surface area is 230 Å². The van der Waals surface area contributed by atoms with Crippen LogP contribution in [0.25, 0.3) is 16.7 Å². The lowest BCUT2D eigenvalue weighted by Crippen LogP contribution is -2.49. The minimum absolute atomic E-state index is 0.000865. The van der Waals surface area contributed by atoms with Crippen LogP contribution in [0, 0.1) is 0 Å². The Kier molecular flexibility index (Phi) is 7.24. The number of rotatable bonds is 6. The van der Waals surface area contributed by atoms with E-state index < -0.39 is 5.91 Å². The van der Waals surface area contributed by atoms with E-state index in [1.807, 2.05) is 52.9 Å². The average molecular weight is 547 g/mol. The third-order valence-corrected chi connectivity index (χ3v) is 8.04. The van der Waals surface area contributed by atoms with E-state index in [2.05, 4.69) is 10.3 Å². The van der Waals surface area contributed by atoms with Gasteiger partial charge in [0.2, 0.25) is 5.95 Å². The maximum Gasteiger partial charge on any atom is 0.254 e. The minimum Gasteiger partial charge on any atom is -0.378 e. The topological polar surface area (TPSA) is 116 Å². The van der Waals surface area contributed by atoms with Crippen LogP contribution in [0.15, 0.2) is 67.0 Å². The highest BCUT2D eigenvalue weighted by atomic mass is 32.2. The molecule has 11 heteroatoms. The number of thioether (sulfide) groups is 1. The number of ether oxygens (including phenoxy) is 1. The molecule has 39 heavy (non-hydrogen) atoms. The molecule has 0 spiro atoms. The maximum absolute atomic E-state index is 12.7. The van der Waals surface area contributed by atoms with Gasteiger partial charge in [-0.25, -0.2) is 9.88 Å². The summed E-state index contributed by atoms with van der Waals surface area (Å²) >= 11 is 1.82. The molecular formula is C28H30N6O4S. The van der Waals surface area contributed by atoms with Gasteiger partial charge in [-0.3, -0.25) is 4.79 Å². The minimum atomic E-state index is -2.00. The molecule has 202 valence electrons. The number of anilines is 2. The van der Waals surface area contributed by atoms with Crippen LogP contribution in [0.5, 0.6) is 0 Å². The molecule has 2 fully saturated rings. The Balaban J connectivity index is 1.19. The third kappa shape index (κ3) is 5.36. The van der Waals surface area contributed by atoms with Crippen molar-refractivity contribution < 1.29 is 19.7 Å². The molecule has 4 heterocycles. The van der Waals surface area contributed by atoms with Crippen molar-refractivity contribution in [2.75, 3.05) is 56.2 Å². The Morgan fingerprint density at radius 3 is 2.38 bits per heavy atom. The van der Waals surface area contributed by atoms with Gasteiger partial charge in [0, 0.05) is 78.0 Å². The molecule has 0 aliphatic carbocycles. The van der Waals surface area contributed by atoms with E-state index in [-0.39, 0.29) is 5.91 Å². The molecule has 2 aliphatic heterocycles. The van der Waals surface area contributed by atoms with Gasteiger partial charge in [-0.15, -0.1) is 0 Å². The van der Waals surface area contributed by atoms with Crippen molar-refractivity contribution in [3.63, 3.8) is 0 Å². The quantitative estimate of drug-likeness (QED) is 0.314. The van der Waals surface area contributed by atoms with Crippen LogP contribution in [0.3, 0.4) is 0 Å². The lowest BCUT2D eigenvalue weighted by atomic mass is 10.1. The van der Waals surface area contributed by atoms with Crippen LogP contribution in [-0.2, 0) is 10.6 Å². The molecule has 2 aromatic heterocycles. The normalized spacial score (nSPS) is 16.9. The van der Waals surface area contributed by atoms with E-state index in [1.54, 1.807) is 40.3 Å². The van der Waals surface area contributed by atoms with E-state index in [4.69, 9.17) is 9.72 Å². The number of fused-ring (bicyclic) bond motifs is 1. The van der Waals surface area contributed by atoms with Crippen LogP contribution in [-0.4, -0.2) is 91.4 Å². The molecule has 0 atom stereocenters. The van der Waals surface area contributed by atoms with Gasteiger partial charge in [0.1, 0.15) is 5.65 Å². The Morgan fingerprint density at radius 1 is 0.949 bits per heavy atom. The summed E-state index contributed by atoms with van der Waals surface area (Å²) in [6, 6.07) is 16.4. The van der Waals surface area contributed by atoms with E-state index in [9.17, 15) is 15.0 Å². The fourth-order valence-corrected chi connectivity index (χ4v) is 5.77. The SMILES string of the molecule is O=C(c1ccc(Nc2ncc3ccn(-c4ccc(C(O)(O)N5CCSCC5)cc4)c3n2)cc1)N1CCOCC1. The molecule has 0 radical (unpaired) electrons. The number of amides is 1. The van der Waals surface area contributed by atoms with Crippen molar-refractivity contribution in [1.82, 2.24) is 24.3 Å². The van der Waals surface area contributed by atoms with E-state index in [1.165, 1.54) is 0 Å². The zero-order chi connectivity index (χ0) is 26.8. The second-order valence-corrected chi connectivity index (χ2v) is 10.8. The first-order chi connectivity index (χ1) is 19.0. The van der Waals surface area contributed by atoms with Gasteiger partial charge in [-0.05, 0) is 42.5 Å². The lowest BCUT2D eigenvalue weighted by Gasteiger charge is -2.37. The van der Waals surface area contributed by atoms with Crippen molar-refractivity contribution in [2.24, 2.45) is 0 Å². The number of benzene rings is 2. The van der Waals surface area contributed by atoms with Crippen molar-refractivity contribution in [1.29, 1.82) is 0 Å². The number of hydrogen-bond donors (Lipinski definition) is 3. The average Bonchev–Trinajstić information content (AvgIpc) is 3.41. The van der Waals surface area contributed by atoms with Gasteiger partial charge in [0.05, 0.1) is 13.2 Å². The molecule has 6 rings (SSSR count). The van der Waals surface area contributed by atoms with Crippen molar-refractivity contribution in [3.05, 3.63) is 78.1 Å². The Hall–Kier alpha value is -3.48. The molecule has 2 aromatic carbocycles. The smallest absolute Gasteiger partial charge is 0.254 e. The predicted octanol–water partition coefficient (Wildman–Crippen LogP) is 2.78. The molecular weight excluding hydrogens is 516 g/mol. The number of carbonyl (C=O) groups excluding carboxylic acids is 1. The van der Waals surface area contributed by atoms with Crippen LogP contribution in [0.4, 0.5) is 11.6 Å². The summed E-state index contributed by atoms with van der Waals surface area (Å²) in [6.45, 7) is 3.60. The summed E-state index contributed by atoms with van der Waals surface area (Å²) in [5.74, 6) is 0.187. The van der Waals surface area contributed by atoms with Gasteiger partial charge < -0.3 is 29.7 Å². The number of aliphatic hydroxyl groups is 2. The number of aromatic nitrogens is 3. The Bertz CT molecular complexity index is 1450. The molecule has 10 nitrogen and oxygen atoms in total. The van der Waals surface area contributed by atoms with Crippen LogP contribution in [0.2, 0.25) is 0 Å². The van der Waals surface area contributed by atoms with Gasteiger partial charge in [-0.2, -0.15) is 16.7 Å². The fourth-order valence-electron chi connectivity index (χ4n) is 4.86. The first-order valence-electron chi connectivity index (χ1n) is 13.0. The zero-order valence-electron chi connectivity index (χ0n) is 21.4. The highest BCUT2D eigenvalue weighted by Gasteiger charge is 2.34. The Morgan fingerprint density at radius 2 is 1.67 bits per heavy atom. The number of nitrogens with one attached hydrogen (secondary N) is 1. The lowest BCUT2D eigenvalue weighted by molar-refractivity contribution is -0.273. The summed E-state index contributed by atoms with van der Waals surface area (Å²) in [5, 5.41) is 25.7. The van der Waals surface area contributed by atoms with E-state index in [0.717, 1.165) is 28.3 Å². The second-order valence-electron chi connectivity index (χ2n) is 9.55. The van der Waals surface area contributed by atoms with Crippen LogP contribution >= 0.6 is 11.8 Å². The molecule has 0 saturated carbocycles. The molecule has 0 unspecified atom stereocenters. The monoisotopic (exact) mass is 546 g/mol. The fraction of sp³-hybridized carbons (Fsp3) is 0.321. The van der Waals surface area contributed by atoms with Crippen LogP contribution < -0.4 is 5.32 Å². The van der Waals surface area contributed by atoms with Crippen molar-refractivity contribution in [3.8, 4) is 5.69 Å². The van der Waals surface area contributed by atoms with Gasteiger partial charge in [-0.1, -0.05) is 12.1 Å². The summed E-state index contributed by atoms with van der Waals surface area (Å²) in [6.07, 6.45) is 3.67. The second kappa shape index (κ2) is 10.9. The summed E-state index contributed by atoms with van der Waals surface area (Å²) in [5.41, 5.74) is 3.39. The number of carbonyl (C=O) groups is 1. The maximum atomic E-state index is 12.7. The first kappa shape index (κ1) is 25.8. The van der Waals surface area contributed by atoms with Crippen molar-refractivity contribution in [2.45, 2.75) is 5.91 Å². The molecule has 0 bridgehead atoms. The molecule has 3 N–H and O–H groups in total. The van der Waals surface area contributed by atoms with Gasteiger partial charge >= 0.3 is 0 Å². The van der Waals surface area contributed by atoms with Crippen LogP contribution in [0.1, 0.15) is 15.9 Å². The third-order valence-electron chi connectivity index (χ3n) is 7.10. The summed E-state index contributed by atoms with van der Waals surface area (Å²) < 4.78 is 7.27. The number of morpholine rings is 1. The number of nitrogens with zero attached hydrogens (tertiary/aromatic N) is 5. The highest BCUT2D eigenvalue weighted by molar-refractivity contribution is 7.99. The van der Waals surface area contributed by atoms with E-state index >= 15 is 0 Å². The number of hydrogen-bond acceptors (Lipinski definition) is 9. The van der Waals surface area contributed by atoms with Gasteiger partial charge in [0.15, 0.2) is 0 Å². The predicted molar refractivity (Wildman–Crippen MR) is 150 cm³/mol. The zero-order valence-corrected chi connectivity index (χ0v) is 22.2. The first-order valence-corrected chi connectivity index (χ1v) is 14.1. The molecule has 4 aromatic rings. The molecule has 2 saturated heterocycles. The van der Waals surface area contributed by atoms with Gasteiger partial charge in [0.25, 0.3) is 11.8 Å².